The molecular formula is C14H23NO3S. The van der Waals surface area contributed by atoms with Crippen LogP contribution in [0.25, 0.3) is 0 Å². The molecule has 5 heteroatoms. The van der Waals surface area contributed by atoms with Crippen molar-refractivity contribution in [3.63, 3.8) is 0 Å². The summed E-state index contributed by atoms with van der Waals surface area (Å²) in [6.45, 7) is 4.48. The number of methoxy groups -OCH3 is 1. The number of hydrogen-bond donors (Lipinski definition) is 1. The molecule has 0 spiro atoms. The van der Waals surface area contributed by atoms with Gasteiger partial charge in [-0.2, -0.15) is 0 Å². The van der Waals surface area contributed by atoms with Crippen LogP contribution in [0.2, 0.25) is 0 Å². The van der Waals surface area contributed by atoms with E-state index in [4.69, 9.17) is 10.5 Å². The molecule has 1 aromatic rings. The van der Waals surface area contributed by atoms with Crippen LogP contribution in [0.4, 0.5) is 0 Å². The van der Waals surface area contributed by atoms with Crippen molar-refractivity contribution in [2.24, 2.45) is 5.73 Å². The van der Waals surface area contributed by atoms with E-state index in [-0.39, 0.29) is 11.5 Å². The lowest BCUT2D eigenvalue weighted by Crippen LogP contribution is -2.24. The second-order valence-corrected chi connectivity index (χ2v) is 7.14. The van der Waals surface area contributed by atoms with Gasteiger partial charge in [0.2, 0.25) is 0 Å². The minimum absolute atomic E-state index is 0.0147. The fraction of sp³-hybridized carbons (Fsp3) is 0.571. The lowest BCUT2D eigenvalue weighted by atomic mass is 10.0. The Hall–Kier alpha value is -0.910. The van der Waals surface area contributed by atoms with Crippen molar-refractivity contribution in [3.8, 4) is 0 Å². The molecule has 0 saturated heterocycles. The zero-order valence-corrected chi connectivity index (χ0v) is 12.7. The quantitative estimate of drug-likeness (QED) is 0.775. The van der Waals surface area contributed by atoms with E-state index in [1.54, 1.807) is 7.11 Å². The predicted octanol–water partition coefficient (Wildman–Crippen LogP) is 1.75. The highest BCUT2D eigenvalue weighted by Crippen LogP contribution is 2.17. The van der Waals surface area contributed by atoms with Gasteiger partial charge in [-0.15, -0.1) is 0 Å². The molecule has 1 rings (SSSR count). The Bertz CT molecular complexity index is 511. The first-order chi connectivity index (χ1) is 8.85. The maximum Gasteiger partial charge on any atom is 0.152 e. The number of hydrogen-bond acceptors (Lipinski definition) is 4. The van der Waals surface area contributed by atoms with Crippen molar-refractivity contribution >= 4 is 9.84 Å². The van der Waals surface area contributed by atoms with E-state index in [0.29, 0.717) is 13.0 Å². The highest BCUT2D eigenvalue weighted by molar-refractivity contribution is 7.91. The van der Waals surface area contributed by atoms with E-state index in [9.17, 15) is 8.42 Å². The van der Waals surface area contributed by atoms with Gasteiger partial charge in [0.1, 0.15) is 0 Å². The maximum absolute atomic E-state index is 11.9. The van der Waals surface area contributed by atoms with Crippen LogP contribution in [0.15, 0.2) is 18.2 Å². The van der Waals surface area contributed by atoms with Gasteiger partial charge in [0.15, 0.2) is 9.84 Å². The first-order valence-electron chi connectivity index (χ1n) is 6.38. The van der Waals surface area contributed by atoms with Crippen molar-refractivity contribution < 1.29 is 13.2 Å². The van der Waals surface area contributed by atoms with Gasteiger partial charge in [-0.25, -0.2) is 8.42 Å². The molecule has 0 saturated carbocycles. The Morgan fingerprint density at radius 3 is 2.53 bits per heavy atom. The minimum Gasteiger partial charge on any atom is -0.385 e. The summed E-state index contributed by atoms with van der Waals surface area (Å²) in [5.41, 5.74) is 9.18. The van der Waals surface area contributed by atoms with Gasteiger partial charge in [0.05, 0.1) is 11.5 Å². The molecule has 4 nitrogen and oxygen atoms in total. The van der Waals surface area contributed by atoms with Gasteiger partial charge in [-0.3, -0.25) is 0 Å². The first-order valence-corrected chi connectivity index (χ1v) is 8.20. The zero-order chi connectivity index (χ0) is 14.5. The van der Waals surface area contributed by atoms with E-state index in [1.165, 1.54) is 5.56 Å². The molecule has 2 N–H and O–H groups in total. The van der Waals surface area contributed by atoms with Crippen LogP contribution in [-0.4, -0.2) is 33.6 Å². The van der Waals surface area contributed by atoms with E-state index in [1.807, 2.05) is 32.0 Å². The standard InChI is InChI=1S/C14H23NO3S/c1-11-5-6-13(9-12(11)2)14(15)10-19(16,17)8-4-7-18-3/h5-6,9,14H,4,7-8,10,15H2,1-3H3. The topological polar surface area (TPSA) is 69.4 Å². The molecule has 0 aromatic heterocycles. The predicted molar refractivity (Wildman–Crippen MR) is 78.0 cm³/mol. The summed E-state index contributed by atoms with van der Waals surface area (Å²) in [5.74, 6) is 0.110. The molecule has 19 heavy (non-hydrogen) atoms. The van der Waals surface area contributed by atoms with Crippen molar-refractivity contribution in [1.82, 2.24) is 0 Å². The normalized spacial score (nSPS) is 13.5. The highest BCUT2D eigenvalue weighted by Gasteiger charge is 2.17. The van der Waals surface area contributed by atoms with Crippen LogP contribution in [0.3, 0.4) is 0 Å². The molecule has 0 amide bonds. The first kappa shape index (κ1) is 16.1. The van der Waals surface area contributed by atoms with E-state index in [2.05, 4.69) is 0 Å². The Balaban J connectivity index is 2.67. The van der Waals surface area contributed by atoms with Crippen molar-refractivity contribution in [2.75, 3.05) is 25.2 Å². The molecule has 0 bridgehead atoms. The molecular weight excluding hydrogens is 262 g/mol. The third kappa shape index (κ3) is 5.30. The van der Waals surface area contributed by atoms with E-state index < -0.39 is 15.9 Å². The van der Waals surface area contributed by atoms with Gasteiger partial charge in [-0.1, -0.05) is 18.2 Å². The number of nitrogens with two attached hydrogens (primary N) is 1. The Morgan fingerprint density at radius 1 is 1.26 bits per heavy atom. The summed E-state index contributed by atoms with van der Waals surface area (Å²) >= 11 is 0. The molecule has 0 aliphatic carbocycles. The molecule has 1 unspecified atom stereocenters. The molecule has 0 heterocycles. The lowest BCUT2D eigenvalue weighted by Gasteiger charge is -2.14. The highest BCUT2D eigenvalue weighted by atomic mass is 32.2. The van der Waals surface area contributed by atoms with Gasteiger partial charge in [0, 0.05) is 19.8 Å². The second kappa shape index (κ2) is 7.03. The molecule has 1 aromatic carbocycles. The number of aryl methyl sites for hydroxylation is 2. The van der Waals surface area contributed by atoms with Gasteiger partial charge >= 0.3 is 0 Å². The SMILES string of the molecule is COCCCS(=O)(=O)CC(N)c1ccc(C)c(C)c1. The Labute approximate surface area is 115 Å². The van der Waals surface area contributed by atoms with Gasteiger partial charge in [0.25, 0.3) is 0 Å². The van der Waals surface area contributed by atoms with E-state index in [0.717, 1.165) is 11.1 Å². The average molecular weight is 285 g/mol. The number of benzene rings is 1. The third-order valence-corrected chi connectivity index (χ3v) is 4.97. The molecule has 0 radical (unpaired) electrons. The zero-order valence-electron chi connectivity index (χ0n) is 11.8. The number of rotatable bonds is 7. The van der Waals surface area contributed by atoms with Gasteiger partial charge in [-0.05, 0) is 37.0 Å². The maximum atomic E-state index is 11.9. The van der Waals surface area contributed by atoms with Crippen LogP contribution < -0.4 is 5.73 Å². The van der Waals surface area contributed by atoms with Crippen LogP contribution in [-0.2, 0) is 14.6 Å². The summed E-state index contributed by atoms with van der Waals surface area (Å²) in [6, 6.07) is 5.37. The van der Waals surface area contributed by atoms with Crippen LogP contribution in [0, 0.1) is 13.8 Å². The largest absolute Gasteiger partial charge is 0.385 e. The molecule has 1 atom stereocenters. The fourth-order valence-electron chi connectivity index (χ4n) is 1.87. The van der Waals surface area contributed by atoms with Crippen molar-refractivity contribution in [3.05, 3.63) is 34.9 Å². The molecule has 0 aliphatic heterocycles. The summed E-state index contributed by atoms with van der Waals surface area (Å²) in [7, 11) is -1.57. The fourth-order valence-corrected chi connectivity index (χ4v) is 3.34. The van der Waals surface area contributed by atoms with Crippen LogP contribution >= 0.6 is 0 Å². The average Bonchev–Trinajstić information content (AvgIpc) is 2.32. The minimum atomic E-state index is -3.13. The Kier molecular flexibility index (Phi) is 5.97. The summed E-state index contributed by atoms with van der Waals surface area (Å²) in [6.07, 6.45) is 0.512. The van der Waals surface area contributed by atoms with Crippen molar-refractivity contribution in [2.45, 2.75) is 26.3 Å². The number of ether oxygens (including phenoxy) is 1. The van der Waals surface area contributed by atoms with Gasteiger partial charge < -0.3 is 10.5 Å². The van der Waals surface area contributed by atoms with Crippen LogP contribution in [0.5, 0.6) is 0 Å². The van der Waals surface area contributed by atoms with Crippen molar-refractivity contribution in [1.29, 1.82) is 0 Å². The van der Waals surface area contributed by atoms with E-state index >= 15 is 0 Å². The molecule has 0 aliphatic rings. The second-order valence-electron chi connectivity index (χ2n) is 4.91. The number of sulfone groups is 1. The molecule has 108 valence electrons. The molecule has 0 fully saturated rings. The smallest absolute Gasteiger partial charge is 0.152 e. The monoisotopic (exact) mass is 285 g/mol. The third-order valence-electron chi connectivity index (χ3n) is 3.20. The van der Waals surface area contributed by atoms with Crippen LogP contribution in [0.1, 0.15) is 29.2 Å². The Morgan fingerprint density at radius 2 is 1.95 bits per heavy atom. The lowest BCUT2D eigenvalue weighted by molar-refractivity contribution is 0.199. The summed E-state index contributed by atoms with van der Waals surface area (Å²) in [4.78, 5) is 0. The summed E-state index contributed by atoms with van der Waals surface area (Å²) in [5, 5.41) is 0. The summed E-state index contributed by atoms with van der Waals surface area (Å²) < 4.78 is 28.7.